The van der Waals surface area contributed by atoms with Crippen LogP contribution in [-0.2, 0) is 18.4 Å². The highest BCUT2D eigenvalue weighted by Gasteiger charge is 2.41. The maximum atomic E-state index is 12.3. The number of aryl methyl sites for hydroxylation is 1. The van der Waals surface area contributed by atoms with E-state index in [1.165, 1.54) is 0 Å². The number of benzene rings is 3. The molecule has 1 fully saturated rings. The van der Waals surface area contributed by atoms with E-state index in [0.717, 1.165) is 65.1 Å². The summed E-state index contributed by atoms with van der Waals surface area (Å²) in [5, 5.41) is 23.5. The Labute approximate surface area is 233 Å². The summed E-state index contributed by atoms with van der Waals surface area (Å²) in [6.07, 6.45) is 5.24. The summed E-state index contributed by atoms with van der Waals surface area (Å²) < 4.78 is 4.10. The van der Waals surface area contributed by atoms with E-state index in [1.54, 1.807) is 0 Å². The van der Waals surface area contributed by atoms with Gasteiger partial charge in [-0.2, -0.15) is 10.2 Å². The van der Waals surface area contributed by atoms with Gasteiger partial charge in [-0.05, 0) is 55.5 Å². The van der Waals surface area contributed by atoms with Crippen LogP contribution in [0.4, 0.5) is 0 Å². The van der Waals surface area contributed by atoms with Crippen LogP contribution in [0, 0.1) is 0 Å². The van der Waals surface area contributed by atoms with Crippen LogP contribution in [0.25, 0.3) is 11.3 Å². The lowest BCUT2D eigenvalue weighted by molar-refractivity contribution is 0.0687. The first-order valence-electron chi connectivity index (χ1n) is 14.0. The van der Waals surface area contributed by atoms with Crippen molar-refractivity contribution < 1.29 is 9.90 Å². The van der Waals surface area contributed by atoms with Crippen molar-refractivity contribution in [2.45, 2.75) is 37.3 Å². The molecule has 0 spiro atoms. The first-order valence-corrected chi connectivity index (χ1v) is 14.0. The summed E-state index contributed by atoms with van der Waals surface area (Å²) in [5.74, 6) is -0.966. The average Bonchev–Trinajstić information content (AvgIpc) is 3.62. The largest absolute Gasteiger partial charge is 0.476 e. The maximum Gasteiger partial charge on any atom is 0.356 e. The van der Waals surface area contributed by atoms with Gasteiger partial charge in [-0.25, -0.2) is 4.79 Å². The first-order chi connectivity index (χ1) is 19.7. The van der Waals surface area contributed by atoms with Crippen LogP contribution in [0.5, 0.6) is 0 Å². The molecule has 0 radical (unpaired) electrons. The monoisotopic (exact) mass is 529 g/mol. The summed E-state index contributed by atoms with van der Waals surface area (Å²) in [7, 11) is 0. The third kappa shape index (κ3) is 3.80. The van der Waals surface area contributed by atoms with Gasteiger partial charge >= 0.3 is 5.97 Å². The highest BCUT2D eigenvalue weighted by molar-refractivity contribution is 5.90. The average molecular weight is 530 g/mol. The van der Waals surface area contributed by atoms with Gasteiger partial charge in [0, 0.05) is 17.3 Å². The lowest BCUT2D eigenvalue weighted by Gasteiger charge is -2.36. The Kier molecular flexibility index (Phi) is 6.09. The lowest BCUT2D eigenvalue weighted by Crippen LogP contribution is -2.38. The Morgan fingerprint density at radius 3 is 1.88 bits per heavy atom. The molecular weight excluding hydrogens is 498 g/mol. The molecule has 0 amide bonds. The number of nitrogens with one attached hydrogen (secondary N) is 1. The minimum atomic E-state index is -0.966. The number of carbonyl (C=O) groups is 1. The highest BCUT2D eigenvalue weighted by Crippen LogP contribution is 2.44. The van der Waals surface area contributed by atoms with Crippen molar-refractivity contribution in [1.29, 1.82) is 0 Å². The molecule has 2 N–H and O–H groups in total. The summed E-state index contributed by atoms with van der Waals surface area (Å²) in [6, 6.07) is 31.7. The van der Waals surface area contributed by atoms with E-state index in [0.29, 0.717) is 12.8 Å². The Balaban J connectivity index is 1.50. The van der Waals surface area contributed by atoms with E-state index < -0.39 is 11.5 Å². The quantitative estimate of drug-likeness (QED) is 0.291. The van der Waals surface area contributed by atoms with E-state index in [4.69, 9.17) is 10.2 Å². The molecule has 0 bridgehead atoms. The zero-order valence-corrected chi connectivity index (χ0v) is 22.2. The third-order valence-electron chi connectivity index (χ3n) is 8.44. The SMILES string of the molecule is O=C(O)c1nn(C2CCNCC2)c2c1CCc1nn(C(c3ccccc3)(c3ccccc3)c3ccccc3)cc1-2. The van der Waals surface area contributed by atoms with Crippen molar-refractivity contribution in [2.24, 2.45) is 0 Å². The van der Waals surface area contributed by atoms with E-state index in [9.17, 15) is 9.90 Å². The predicted octanol–water partition coefficient (Wildman–Crippen LogP) is 5.31. The van der Waals surface area contributed by atoms with E-state index in [2.05, 4.69) is 89.0 Å². The van der Waals surface area contributed by atoms with Crippen molar-refractivity contribution in [3.63, 3.8) is 0 Å². The number of hydrogen-bond acceptors (Lipinski definition) is 4. The lowest BCUT2D eigenvalue weighted by atomic mass is 9.77. The van der Waals surface area contributed by atoms with Gasteiger partial charge in [0.15, 0.2) is 5.69 Å². The Morgan fingerprint density at radius 1 is 0.800 bits per heavy atom. The van der Waals surface area contributed by atoms with E-state index >= 15 is 0 Å². The number of nitrogens with zero attached hydrogens (tertiary/aromatic N) is 4. The number of fused-ring (bicyclic) bond motifs is 3. The molecule has 7 nitrogen and oxygen atoms in total. The molecule has 0 atom stereocenters. The van der Waals surface area contributed by atoms with Crippen LogP contribution >= 0.6 is 0 Å². The van der Waals surface area contributed by atoms with E-state index in [-0.39, 0.29) is 11.7 Å². The fourth-order valence-electron chi connectivity index (χ4n) is 6.62. The second kappa shape index (κ2) is 9.92. The summed E-state index contributed by atoms with van der Waals surface area (Å²) >= 11 is 0. The first kappa shape index (κ1) is 24.5. The number of carboxylic acids is 1. The van der Waals surface area contributed by atoms with Crippen molar-refractivity contribution in [3.05, 3.63) is 131 Å². The normalized spacial score (nSPS) is 15.4. The number of aromatic nitrogens is 4. The molecule has 3 aromatic carbocycles. The van der Waals surface area contributed by atoms with Crippen LogP contribution in [0.1, 0.15) is 57.3 Å². The standard InChI is InChI=1S/C33H31N5O2/c39-32(40)30-27-16-17-29-28(31(27)38(36-30)26-18-20-34-21-19-26)22-37(35-29)33(23-10-4-1-5-11-23,24-12-6-2-7-13-24)25-14-8-3-9-15-25/h1-15,22,26,34H,16-21H2,(H,39,40). The van der Waals surface area contributed by atoms with Crippen molar-refractivity contribution in [3.8, 4) is 11.3 Å². The Bertz CT molecular complexity index is 1550. The fraction of sp³-hybridized carbons (Fsp3) is 0.242. The molecule has 7 rings (SSSR count). The van der Waals surface area contributed by atoms with Gasteiger partial charge in [-0.15, -0.1) is 0 Å². The molecule has 0 unspecified atom stereocenters. The maximum absolute atomic E-state index is 12.3. The second-order valence-electron chi connectivity index (χ2n) is 10.6. The number of hydrogen-bond donors (Lipinski definition) is 2. The molecule has 40 heavy (non-hydrogen) atoms. The Morgan fingerprint density at radius 2 is 1.35 bits per heavy atom. The topological polar surface area (TPSA) is 85.0 Å². The summed E-state index contributed by atoms with van der Waals surface area (Å²) in [4.78, 5) is 12.3. The smallest absolute Gasteiger partial charge is 0.356 e. The Hall–Kier alpha value is -4.49. The van der Waals surface area contributed by atoms with Gasteiger partial charge in [0.1, 0.15) is 5.54 Å². The van der Waals surface area contributed by atoms with Gasteiger partial charge in [0.25, 0.3) is 0 Å². The van der Waals surface area contributed by atoms with Gasteiger partial charge in [-0.3, -0.25) is 9.36 Å². The molecule has 1 saturated heterocycles. The molecule has 1 aliphatic heterocycles. The molecule has 5 aromatic rings. The van der Waals surface area contributed by atoms with Crippen molar-refractivity contribution in [1.82, 2.24) is 24.9 Å². The molecular formula is C33H31N5O2. The van der Waals surface area contributed by atoms with Crippen molar-refractivity contribution in [2.75, 3.05) is 13.1 Å². The van der Waals surface area contributed by atoms with Crippen LogP contribution in [0.15, 0.2) is 97.2 Å². The molecule has 200 valence electrons. The molecule has 0 saturated carbocycles. The summed E-state index contributed by atoms with van der Waals surface area (Å²) in [5.41, 5.74) is 6.45. The minimum Gasteiger partial charge on any atom is -0.476 e. The fourth-order valence-corrected chi connectivity index (χ4v) is 6.62. The zero-order chi connectivity index (χ0) is 27.1. The number of rotatable bonds is 6. The second-order valence-corrected chi connectivity index (χ2v) is 10.6. The minimum absolute atomic E-state index is 0.152. The van der Waals surface area contributed by atoms with E-state index in [1.807, 2.05) is 22.9 Å². The van der Waals surface area contributed by atoms with Crippen molar-refractivity contribution >= 4 is 5.97 Å². The van der Waals surface area contributed by atoms with Gasteiger partial charge < -0.3 is 10.4 Å². The molecule has 7 heteroatoms. The van der Waals surface area contributed by atoms with Gasteiger partial charge in [0.05, 0.1) is 17.4 Å². The van der Waals surface area contributed by atoms with Crippen LogP contribution in [0.3, 0.4) is 0 Å². The number of carboxylic acid groups (broad SMARTS) is 1. The van der Waals surface area contributed by atoms with Gasteiger partial charge in [-0.1, -0.05) is 91.0 Å². The molecule has 2 aromatic heterocycles. The number of piperidine rings is 1. The van der Waals surface area contributed by atoms with Crippen LogP contribution < -0.4 is 5.32 Å². The molecule has 2 aliphatic rings. The van der Waals surface area contributed by atoms with Gasteiger partial charge in [0.2, 0.25) is 0 Å². The summed E-state index contributed by atoms with van der Waals surface area (Å²) in [6.45, 7) is 1.79. The predicted molar refractivity (Wildman–Crippen MR) is 154 cm³/mol. The third-order valence-corrected chi connectivity index (χ3v) is 8.44. The molecule has 3 heterocycles. The molecule has 1 aliphatic carbocycles. The number of aromatic carboxylic acids is 1. The highest BCUT2D eigenvalue weighted by atomic mass is 16.4. The zero-order valence-electron chi connectivity index (χ0n) is 22.2. The van der Waals surface area contributed by atoms with Crippen LogP contribution in [0.2, 0.25) is 0 Å². The van der Waals surface area contributed by atoms with Crippen LogP contribution in [-0.4, -0.2) is 43.7 Å².